The Bertz CT molecular complexity index is 929. The number of hydrogen-bond acceptors (Lipinski definition) is 4. The Morgan fingerprint density at radius 2 is 1.81 bits per heavy atom. The molecule has 0 spiro atoms. The molecule has 1 fully saturated rings. The summed E-state index contributed by atoms with van der Waals surface area (Å²) in [5.41, 5.74) is 0.660. The van der Waals surface area contributed by atoms with Gasteiger partial charge in [0.05, 0.1) is 0 Å². The van der Waals surface area contributed by atoms with Crippen molar-refractivity contribution < 1.29 is 17.4 Å². The number of carbonyl (C=O) groups excluding carboxylic acids is 1. The normalized spacial score (nSPS) is 14.9. The second-order valence-corrected chi connectivity index (χ2v) is 8.75. The van der Waals surface area contributed by atoms with Gasteiger partial charge < -0.3 is 9.08 Å². The van der Waals surface area contributed by atoms with E-state index in [0.29, 0.717) is 36.3 Å². The van der Waals surface area contributed by atoms with E-state index in [1.54, 1.807) is 34.1 Å². The Morgan fingerprint density at radius 1 is 1.11 bits per heavy atom. The predicted molar refractivity (Wildman–Crippen MR) is 105 cm³/mol. The minimum Gasteiger partial charge on any atom is -0.379 e. The summed E-state index contributed by atoms with van der Waals surface area (Å²) in [5.74, 6) is 0.538. The molecule has 144 valence electrons. The fourth-order valence-corrected chi connectivity index (χ4v) is 4.02. The van der Waals surface area contributed by atoms with E-state index < -0.39 is 10.1 Å². The summed E-state index contributed by atoms with van der Waals surface area (Å²) in [7, 11) is -3.98. The van der Waals surface area contributed by atoms with Gasteiger partial charge in [0.2, 0.25) is 0 Å². The summed E-state index contributed by atoms with van der Waals surface area (Å²) >= 11 is 5.85. The average Bonchev–Trinajstić information content (AvgIpc) is 2.95. The maximum absolute atomic E-state index is 12.5. The van der Waals surface area contributed by atoms with E-state index >= 15 is 0 Å². The number of hydrogen-bond donors (Lipinski definition) is 0. The zero-order chi connectivity index (χ0) is 19.6. The minimum absolute atomic E-state index is 0.0110. The first-order chi connectivity index (χ1) is 12.8. The molecule has 1 aliphatic rings. The van der Waals surface area contributed by atoms with E-state index in [9.17, 15) is 13.2 Å². The Kier molecular flexibility index (Phi) is 5.62. The van der Waals surface area contributed by atoms with Gasteiger partial charge in [-0.25, -0.2) is 4.79 Å². The zero-order valence-electron chi connectivity index (χ0n) is 15.1. The molecule has 0 aromatic heterocycles. The van der Waals surface area contributed by atoms with Gasteiger partial charge in [0.25, 0.3) is 0 Å². The molecule has 0 N–H and O–H groups in total. The zero-order valence-corrected chi connectivity index (χ0v) is 16.7. The van der Waals surface area contributed by atoms with Crippen LogP contribution in [0, 0.1) is 5.92 Å². The van der Waals surface area contributed by atoms with Crippen molar-refractivity contribution in [2.75, 3.05) is 24.5 Å². The smallest absolute Gasteiger partial charge is 0.339 e. The molecule has 1 saturated heterocycles. The van der Waals surface area contributed by atoms with Gasteiger partial charge in [-0.1, -0.05) is 31.5 Å². The van der Waals surface area contributed by atoms with Gasteiger partial charge in [0.1, 0.15) is 10.6 Å². The Hall–Kier alpha value is -2.25. The number of urea groups is 1. The highest BCUT2D eigenvalue weighted by molar-refractivity contribution is 7.87. The second-order valence-electron chi connectivity index (χ2n) is 6.76. The van der Waals surface area contributed by atoms with Gasteiger partial charge in [-0.05, 0) is 42.3 Å². The molecule has 0 saturated carbocycles. The number of amides is 2. The van der Waals surface area contributed by atoms with Crippen molar-refractivity contribution >= 4 is 33.4 Å². The van der Waals surface area contributed by atoms with Crippen molar-refractivity contribution in [3.8, 4) is 5.75 Å². The third-order valence-corrected chi connectivity index (χ3v) is 5.62. The summed E-state index contributed by atoms with van der Waals surface area (Å²) in [6.45, 7) is 6.08. The SMILES string of the molecule is CC(C)CN1CCN(c2ccc(S(=O)(=O)Oc3cccc(Cl)c3)cc2)C1=O. The fraction of sp³-hybridized carbons (Fsp3) is 0.316. The van der Waals surface area contributed by atoms with Gasteiger partial charge in [-0.3, -0.25) is 4.90 Å². The number of anilines is 1. The molecule has 0 unspecified atom stereocenters. The number of carbonyl (C=O) groups is 1. The van der Waals surface area contributed by atoms with Crippen LogP contribution >= 0.6 is 11.6 Å². The third-order valence-electron chi connectivity index (χ3n) is 4.12. The van der Waals surface area contributed by atoms with Crippen molar-refractivity contribution in [2.24, 2.45) is 5.92 Å². The van der Waals surface area contributed by atoms with Crippen LogP contribution in [0.1, 0.15) is 13.8 Å². The molecule has 0 bridgehead atoms. The molecule has 1 heterocycles. The van der Waals surface area contributed by atoms with Gasteiger partial charge >= 0.3 is 16.1 Å². The largest absolute Gasteiger partial charge is 0.379 e. The van der Waals surface area contributed by atoms with Gasteiger partial charge in [-0.2, -0.15) is 8.42 Å². The standard InChI is InChI=1S/C19H21ClN2O4S/c1-14(2)13-21-10-11-22(19(21)23)16-6-8-18(9-7-16)27(24,25)26-17-5-3-4-15(20)12-17/h3-9,12,14H,10-11,13H2,1-2H3. The lowest BCUT2D eigenvalue weighted by Gasteiger charge is -2.20. The number of halogens is 1. The first kappa shape index (κ1) is 19.5. The quantitative estimate of drug-likeness (QED) is 0.677. The third kappa shape index (κ3) is 4.54. The molecule has 8 heteroatoms. The van der Waals surface area contributed by atoms with E-state index in [1.165, 1.54) is 24.3 Å². The maximum atomic E-state index is 12.5. The fourth-order valence-electron chi connectivity index (χ4n) is 2.92. The van der Waals surface area contributed by atoms with E-state index in [-0.39, 0.29) is 16.7 Å². The summed E-state index contributed by atoms with van der Waals surface area (Å²) in [6, 6.07) is 12.2. The van der Waals surface area contributed by atoms with Crippen LogP contribution < -0.4 is 9.08 Å². The highest BCUT2D eigenvalue weighted by Crippen LogP contribution is 2.25. The summed E-state index contributed by atoms with van der Waals surface area (Å²) < 4.78 is 30.0. The topological polar surface area (TPSA) is 66.9 Å². The molecule has 2 aromatic carbocycles. The molecular weight excluding hydrogens is 388 g/mol. The molecule has 3 rings (SSSR count). The number of nitrogens with zero attached hydrogens (tertiary/aromatic N) is 2. The molecule has 0 radical (unpaired) electrons. The lowest BCUT2D eigenvalue weighted by Crippen LogP contribution is -2.34. The van der Waals surface area contributed by atoms with E-state index in [4.69, 9.17) is 15.8 Å². The maximum Gasteiger partial charge on any atom is 0.339 e. The Balaban J connectivity index is 1.74. The van der Waals surface area contributed by atoms with Crippen molar-refractivity contribution in [1.29, 1.82) is 0 Å². The molecule has 0 aliphatic carbocycles. The van der Waals surface area contributed by atoms with Gasteiger partial charge in [0, 0.05) is 36.4 Å². The van der Waals surface area contributed by atoms with Crippen molar-refractivity contribution in [2.45, 2.75) is 18.7 Å². The van der Waals surface area contributed by atoms with Crippen molar-refractivity contribution in [1.82, 2.24) is 4.90 Å². The van der Waals surface area contributed by atoms with Crippen molar-refractivity contribution in [3.63, 3.8) is 0 Å². The summed E-state index contributed by atoms with van der Waals surface area (Å²) in [6.07, 6.45) is 0. The Morgan fingerprint density at radius 3 is 2.44 bits per heavy atom. The molecular formula is C19H21ClN2O4S. The lowest BCUT2D eigenvalue weighted by molar-refractivity contribution is 0.215. The minimum atomic E-state index is -3.98. The van der Waals surface area contributed by atoms with Crippen LogP contribution in [-0.4, -0.2) is 39.0 Å². The van der Waals surface area contributed by atoms with Crippen LogP contribution in [0.4, 0.5) is 10.5 Å². The van der Waals surface area contributed by atoms with Crippen LogP contribution in [0.25, 0.3) is 0 Å². The number of benzene rings is 2. The molecule has 2 aromatic rings. The van der Waals surface area contributed by atoms with Crippen LogP contribution in [0.3, 0.4) is 0 Å². The Labute approximate surface area is 164 Å². The average molecular weight is 409 g/mol. The van der Waals surface area contributed by atoms with E-state index in [2.05, 4.69) is 13.8 Å². The first-order valence-corrected chi connectivity index (χ1v) is 10.4. The second kappa shape index (κ2) is 7.78. The first-order valence-electron chi connectivity index (χ1n) is 8.63. The molecule has 2 amide bonds. The number of rotatable bonds is 6. The van der Waals surface area contributed by atoms with Gasteiger partial charge in [0.15, 0.2) is 0 Å². The van der Waals surface area contributed by atoms with Gasteiger partial charge in [-0.15, -0.1) is 0 Å². The van der Waals surface area contributed by atoms with Crippen molar-refractivity contribution in [3.05, 3.63) is 53.6 Å². The monoisotopic (exact) mass is 408 g/mol. The van der Waals surface area contributed by atoms with Crippen LogP contribution in [0.2, 0.25) is 5.02 Å². The highest BCUT2D eigenvalue weighted by Gasteiger charge is 2.30. The molecule has 0 atom stereocenters. The highest BCUT2D eigenvalue weighted by atomic mass is 35.5. The molecule has 6 nitrogen and oxygen atoms in total. The van der Waals surface area contributed by atoms with Crippen LogP contribution in [0.5, 0.6) is 5.75 Å². The van der Waals surface area contributed by atoms with E-state index in [1.807, 2.05) is 0 Å². The summed E-state index contributed by atoms with van der Waals surface area (Å²) in [4.78, 5) is 16.0. The summed E-state index contributed by atoms with van der Waals surface area (Å²) in [5, 5.41) is 0.386. The van der Waals surface area contributed by atoms with Crippen LogP contribution in [0.15, 0.2) is 53.4 Å². The lowest BCUT2D eigenvalue weighted by atomic mass is 10.2. The predicted octanol–water partition coefficient (Wildman–Crippen LogP) is 4.01. The molecule has 27 heavy (non-hydrogen) atoms. The van der Waals surface area contributed by atoms with Crippen LogP contribution in [-0.2, 0) is 10.1 Å². The van der Waals surface area contributed by atoms with E-state index in [0.717, 1.165) is 0 Å². The molecule has 1 aliphatic heterocycles.